The monoisotopic (exact) mass is 723 g/mol. The van der Waals surface area contributed by atoms with E-state index in [0.717, 1.165) is 63.7 Å². The molecule has 0 aromatic rings. The van der Waals surface area contributed by atoms with Crippen LogP contribution < -0.4 is 0 Å². The lowest BCUT2D eigenvalue weighted by Crippen LogP contribution is -2.30. The van der Waals surface area contributed by atoms with E-state index in [-0.39, 0.29) is 31.1 Å². The van der Waals surface area contributed by atoms with E-state index in [1.165, 1.54) is 141 Å². The molecule has 6 heteroatoms. The summed E-state index contributed by atoms with van der Waals surface area (Å²) in [4.78, 5) is 37.6. The molecule has 0 aromatic heterocycles. The molecule has 0 saturated heterocycles. The van der Waals surface area contributed by atoms with E-state index in [0.29, 0.717) is 19.3 Å². The molecule has 302 valence electrons. The van der Waals surface area contributed by atoms with E-state index in [1.807, 2.05) is 0 Å². The molecule has 0 aliphatic heterocycles. The van der Waals surface area contributed by atoms with Crippen LogP contribution in [0.2, 0.25) is 0 Å². The molecule has 0 aliphatic rings. The quantitative estimate of drug-likeness (QED) is 0.0356. The van der Waals surface area contributed by atoms with Gasteiger partial charge in [-0.05, 0) is 25.2 Å². The molecule has 0 radical (unpaired) electrons. The summed E-state index contributed by atoms with van der Waals surface area (Å²) in [7, 11) is 0. The molecule has 0 N–H and O–H groups in total. The van der Waals surface area contributed by atoms with Crippen molar-refractivity contribution < 1.29 is 28.6 Å². The normalized spacial score (nSPS) is 11.9. The molecule has 0 rings (SSSR count). The zero-order valence-electron chi connectivity index (χ0n) is 34.6. The van der Waals surface area contributed by atoms with Crippen molar-refractivity contribution in [2.75, 3.05) is 13.2 Å². The van der Waals surface area contributed by atoms with Crippen molar-refractivity contribution in [1.82, 2.24) is 0 Å². The number of unbranched alkanes of at least 4 members (excludes halogenated alkanes) is 27. The molecule has 0 amide bonds. The Morgan fingerprint density at radius 2 is 0.647 bits per heavy atom. The maximum absolute atomic E-state index is 12.6. The fraction of sp³-hybridized carbons (Fsp3) is 0.933. The Hall–Kier alpha value is -1.59. The van der Waals surface area contributed by atoms with E-state index in [1.54, 1.807) is 0 Å². The molecule has 51 heavy (non-hydrogen) atoms. The van der Waals surface area contributed by atoms with Crippen molar-refractivity contribution in [1.29, 1.82) is 0 Å². The van der Waals surface area contributed by atoms with Gasteiger partial charge in [-0.3, -0.25) is 14.4 Å². The van der Waals surface area contributed by atoms with Crippen molar-refractivity contribution in [2.45, 2.75) is 252 Å². The fourth-order valence-electron chi connectivity index (χ4n) is 6.63. The highest BCUT2D eigenvalue weighted by atomic mass is 16.6. The molecular formula is C45H86O6. The minimum absolute atomic E-state index is 0.0643. The van der Waals surface area contributed by atoms with Crippen molar-refractivity contribution >= 4 is 17.9 Å². The average molecular weight is 723 g/mol. The number of hydrogen-bond acceptors (Lipinski definition) is 6. The van der Waals surface area contributed by atoms with Gasteiger partial charge < -0.3 is 14.2 Å². The molecule has 0 saturated carbocycles. The second-order valence-electron chi connectivity index (χ2n) is 15.8. The number of carbonyl (C=O) groups is 3. The summed E-state index contributed by atoms with van der Waals surface area (Å²) < 4.78 is 16.7. The Labute approximate surface area is 317 Å². The van der Waals surface area contributed by atoms with Gasteiger partial charge >= 0.3 is 17.9 Å². The first kappa shape index (κ1) is 49.4. The van der Waals surface area contributed by atoms with Crippen LogP contribution in [0.1, 0.15) is 246 Å². The summed E-state index contributed by atoms with van der Waals surface area (Å²) in [6, 6.07) is 0. The molecule has 0 heterocycles. The minimum Gasteiger partial charge on any atom is -0.462 e. The smallest absolute Gasteiger partial charge is 0.306 e. The zero-order chi connectivity index (χ0) is 37.5. The lowest BCUT2D eigenvalue weighted by atomic mass is 10.0. The van der Waals surface area contributed by atoms with E-state index < -0.39 is 6.10 Å². The third kappa shape index (κ3) is 39.5. The number of carbonyl (C=O) groups excluding carboxylic acids is 3. The van der Waals surface area contributed by atoms with Gasteiger partial charge in [-0.2, -0.15) is 0 Å². The predicted octanol–water partition coefficient (Wildman–Crippen LogP) is 13.9. The summed E-state index contributed by atoms with van der Waals surface area (Å²) in [6.07, 6.45) is 38.0. The second kappa shape index (κ2) is 39.6. The Morgan fingerprint density at radius 1 is 0.373 bits per heavy atom. The van der Waals surface area contributed by atoms with E-state index in [2.05, 4.69) is 27.7 Å². The first-order valence-corrected chi connectivity index (χ1v) is 22.4. The van der Waals surface area contributed by atoms with Crippen molar-refractivity contribution in [3.05, 3.63) is 0 Å². The van der Waals surface area contributed by atoms with Gasteiger partial charge in [0.1, 0.15) is 13.2 Å². The third-order valence-electron chi connectivity index (χ3n) is 10.0. The summed E-state index contributed by atoms with van der Waals surface area (Å²) in [5.41, 5.74) is 0. The Balaban J connectivity index is 4.30. The van der Waals surface area contributed by atoms with Crippen molar-refractivity contribution in [3.8, 4) is 0 Å². The Kier molecular flexibility index (Phi) is 38.4. The lowest BCUT2D eigenvalue weighted by Gasteiger charge is -2.18. The molecule has 0 bridgehead atoms. The van der Waals surface area contributed by atoms with Gasteiger partial charge in [0.25, 0.3) is 0 Å². The first-order chi connectivity index (χ1) is 24.9. The highest BCUT2D eigenvalue weighted by Crippen LogP contribution is 2.16. The first-order valence-electron chi connectivity index (χ1n) is 22.4. The van der Waals surface area contributed by atoms with Gasteiger partial charge in [-0.15, -0.1) is 0 Å². The topological polar surface area (TPSA) is 78.9 Å². The van der Waals surface area contributed by atoms with Gasteiger partial charge in [-0.1, -0.05) is 207 Å². The molecule has 0 fully saturated rings. The van der Waals surface area contributed by atoms with Crippen molar-refractivity contribution in [2.24, 2.45) is 5.92 Å². The highest BCUT2D eigenvalue weighted by Gasteiger charge is 2.19. The van der Waals surface area contributed by atoms with E-state index in [9.17, 15) is 14.4 Å². The molecule has 0 aromatic carbocycles. The van der Waals surface area contributed by atoms with Crippen LogP contribution >= 0.6 is 0 Å². The molecule has 6 nitrogen and oxygen atoms in total. The molecule has 0 spiro atoms. The minimum atomic E-state index is -0.758. The van der Waals surface area contributed by atoms with Gasteiger partial charge in [0, 0.05) is 19.3 Å². The van der Waals surface area contributed by atoms with Gasteiger partial charge in [-0.25, -0.2) is 0 Å². The van der Waals surface area contributed by atoms with Crippen LogP contribution in [0.4, 0.5) is 0 Å². The van der Waals surface area contributed by atoms with Crippen LogP contribution in [0.5, 0.6) is 0 Å². The SMILES string of the molecule is CCCCCCCCCCCCCCCC(=O)OC[C@@H](COC(=O)CCCCCCCCCCC(C)C)OC(=O)CCCCCCCCCCC. The van der Waals surface area contributed by atoms with E-state index >= 15 is 0 Å². The average Bonchev–Trinajstić information content (AvgIpc) is 3.11. The lowest BCUT2D eigenvalue weighted by molar-refractivity contribution is -0.167. The molecule has 1 atom stereocenters. The van der Waals surface area contributed by atoms with E-state index in [4.69, 9.17) is 14.2 Å². The van der Waals surface area contributed by atoms with Crippen LogP contribution in [0.3, 0.4) is 0 Å². The third-order valence-corrected chi connectivity index (χ3v) is 10.0. The van der Waals surface area contributed by atoms with Crippen molar-refractivity contribution in [3.63, 3.8) is 0 Å². The molecular weight excluding hydrogens is 636 g/mol. The van der Waals surface area contributed by atoms with Crippen LogP contribution in [0.25, 0.3) is 0 Å². The summed E-state index contributed by atoms with van der Waals surface area (Å²) in [5, 5.41) is 0. The Morgan fingerprint density at radius 3 is 0.961 bits per heavy atom. The second-order valence-corrected chi connectivity index (χ2v) is 15.8. The molecule has 0 unspecified atom stereocenters. The molecule has 0 aliphatic carbocycles. The number of rotatable bonds is 40. The Bertz CT molecular complexity index is 766. The van der Waals surface area contributed by atoms with Gasteiger partial charge in [0.2, 0.25) is 0 Å². The van der Waals surface area contributed by atoms with Gasteiger partial charge in [0.15, 0.2) is 6.10 Å². The number of esters is 3. The summed E-state index contributed by atoms with van der Waals surface area (Å²) in [5.74, 6) is -0.0625. The largest absolute Gasteiger partial charge is 0.462 e. The number of ether oxygens (including phenoxy) is 3. The van der Waals surface area contributed by atoms with Crippen LogP contribution in [-0.2, 0) is 28.6 Å². The maximum atomic E-state index is 12.6. The zero-order valence-corrected chi connectivity index (χ0v) is 34.6. The van der Waals surface area contributed by atoms with Gasteiger partial charge in [0.05, 0.1) is 0 Å². The number of hydrogen-bond donors (Lipinski definition) is 0. The summed E-state index contributed by atoms with van der Waals surface area (Å²) >= 11 is 0. The summed E-state index contributed by atoms with van der Waals surface area (Å²) in [6.45, 7) is 8.94. The maximum Gasteiger partial charge on any atom is 0.306 e. The van der Waals surface area contributed by atoms with Crippen LogP contribution in [0, 0.1) is 5.92 Å². The predicted molar refractivity (Wildman–Crippen MR) is 215 cm³/mol. The van der Waals surface area contributed by atoms with Crippen LogP contribution in [-0.4, -0.2) is 37.2 Å². The highest BCUT2D eigenvalue weighted by molar-refractivity contribution is 5.71. The standard InChI is InChI=1S/C45H86O6/c1-5-7-9-11-13-15-16-17-18-20-24-28-32-36-43(46)49-39-42(51-45(48)38-34-30-26-19-14-12-10-8-6-2)40-50-44(47)37-33-29-25-22-21-23-27-31-35-41(3)4/h41-42H,5-40H2,1-4H3/t42-/m0/s1. The van der Waals surface area contributed by atoms with Crippen LogP contribution in [0.15, 0.2) is 0 Å². The fourth-order valence-corrected chi connectivity index (χ4v) is 6.63.